The molecular weight excluding hydrogens is 460 g/mol. The molecule has 8 aromatic rings. The van der Waals surface area contributed by atoms with E-state index in [1.165, 1.54) is 16.2 Å². The van der Waals surface area contributed by atoms with Crippen molar-refractivity contribution >= 4 is 96.9 Å². The Balaban J connectivity index is 1.67. The fourth-order valence-corrected chi connectivity index (χ4v) is 8.01. The Morgan fingerprint density at radius 1 is 0.812 bits per heavy atom. The van der Waals surface area contributed by atoms with Gasteiger partial charge in [-0.1, -0.05) is 6.92 Å². The van der Waals surface area contributed by atoms with E-state index in [0.717, 1.165) is 53.5 Å². The molecular formula is C23H12N4O2S3. The van der Waals surface area contributed by atoms with Crippen LogP contribution in [0.2, 0.25) is 0 Å². The minimum Gasteiger partial charge on any atom is -0.267 e. The number of rotatable bonds is 1. The lowest BCUT2D eigenvalue weighted by atomic mass is 10.0. The first-order valence-corrected chi connectivity index (χ1v) is 12.7. The summed E-state index contributed by atoms with van der Waals surface area (Å²) in [7, 11) is 0. The monoisotopic (exact) mass is 472 g/mol. The fourth-order valence-electron chi connectivity index (χ4n) is 5.01. The van der Waals surface area contributed by atoms with Crippen LogP contribution in [0.5, 0.6) is 0 Å². The zero-order valence-corrected chi connectivity index (χ0v) is 19.3. The van der Waals surface area contributed by atoms with Crippen molar-refractivity contribution in [2.45, 2.75) is 20.3 Å². The molecule has 0 N–H and O–H groups in total. The Labute approximate surface area is 190 Å². The molecule has 0 radical (unpaired) electrons. The van der Waals surface area contributed by atoms with Gasteiger partial charge in [0.05, 0.1) is 11.0 Å². The molecule has 0 aliphatic carbocycles. The number of aromatic nitrogens is 4. The first-order valence-electron chi connectivity index (χ1n) is 10.2. The molecule has 0 saturated carbocycles. The van der Waals surface area contributed by atoms with E-state index in [4.69, 9.17) is 9.97 Å². The summed E-state index contributed by atoms with van der Waals surface area (Å²) in [6.45, 7) is 4.12. The van der Waals surface area contributed by atoms with Crippen LogP contribution < -0.4 is 11.1 Å². The summed E-state index contributed by atoms with van der Waals surface area (Å²) in [5.74, 6) is 0. The minimum absolute atomic E-state index is 0.0993. The molecule has 8 rings (SSSR count). The summed E-state index contributed by atoms with van der Waals surface area (Å²) in [4.78, 5) is 41.0. The van der Waals surface area contributed by atoms with Crippen LogP contribution >= 0.6 is 34.0 Å². The lowest BCUT2D eigenvalue weighted by Crippen LogP contribution is -2.12. The normalized spacial score (nSPS) is 13.1. The van der Waals surface area contributed by atoms with Gasteiger partial charge in [0, 0.05) is 31.3 Å². The maximum Gasteiger partial charge on any atom is 0.274 e. The van der Waals surface area contributed by atoms with E-state index in [2.05, 4.69) is 13.0 Å². The number of imidazole rings is 2. The molecule has 0 fully saturated rings. The number of pyridine rings is 2. The van der Waals surface area contributed by atoms with Crippen molar-refractivity contribution in [3.63, 3.8) is 0 Å². The van der Waals surface area contributed by atoms with Crippen LogP contribution in [0.4, 0.5) is 0 Å². The van der Waals surface area contributed by atoms with Gasteiger partial charge in [0.25, 0.3) is 11.1 Å². The van der Waals surface area contributed by atoms with Crippen molar-refractivity contribution in [1.29, 1.82) is 0 Å². The van der Waals surface area contributed by atoms with Crippen molar-refractivity contribution in [1.82, 2.24) is 18.8 Å². The molecule has 0 aliphatic heterocycles. The van der Waals surface area contributed by atoms with Gasteiger partial charge in [-0.3, -0.25) is 18.4 Å². The summed E-state index contributed by atoms with van der Waals surface area (Å²) in [5, 5.41) is 3.50. The Bertz CT molecular complexity index is 2190. The summed E-state index contributed by atoms with van der Waals surface area (Å²) >= 11 is 4.53. The maximum atomic E-state index is 13.7. The van der Waals surface area contributed by atoms with E-state index < -0.39 is 0 Å². The fraction of sp³-hybridized carbons (Fsp3) is 0.130. The van der Waals surface area contributed by atoms with Crippen molar-refractivity contribution in [2.75, 3.05) is 0 Å². The highest BCUT2D eigenvalue weighted by Crippen LogP contribution is 2.42. The lowest BCUT2D eigenvalue weighted by Gasteiger charge is -2.05. The lowest BCUT2D eigenvalue weighted by molar-refractivity contribution is 1.17. The molecule has 154 valence electrons. The zero-order valence-electron chi connectivity index (χ0n) is 16.8. The molecule has 32 heavy (non-hydrogen) atoms. The van der Waals surface area contributed by atoms with Crippen LogP contribution in [-0.2, 0) is 6.42 Å². The van der Waals surface area contributed by atoms with Gasteiger partial charge in [0.1, 0.15) is 30.4 Å². The number of nitrogens with zero attached hydrogens (tertiary/aromatic N) is 4. The quantitative estimate of drug-likeness (QED) is 0.300. The minimum atomic E-state index is -0.104. The summed E-state index contributed by atoms with van der Waals surface area (Å²) in [6, 6.07) is 8.13. The van der Waals surface area contributed by atoms with Crippen LogP contribution in [0.1, 0.15) is 16.7 Å². The molecule has 0 saturated heterocycles. The van der Waals surface area contributed by atoms with Gasteiger partial charge in [-0.25, -0.2) is 9.97 Å². The second-order valence-corrected chi connectivity index (χ2v) is 11.5. The summed E-state index contributed by atoms with van der Waals surface area (Å²) in [6.07, 6.45) is 0.911. The van der Waals surface area contributed by atoms with Gasteiger partial charge in [0.2, 0.25) is 0 Å². The van der Waals surface area contributed by atoms with Gasteiger partial charge >= 0.3 is 0 Å². The second kappa shape index (κ2) is 5.43. The average Bonchev–Trinajstić information content (AvgIpc) is 3.54. The van der Waals surface area contributed by atoms with Gasteiger partial charge in [0.15, 0.2) is 0 Å². The third-order valence-electron chi connectivity index (χ3n) is 6.37. The largest absolute Gasteiger partial charge is 0.274 e. The zero-order chi connectivity index (χ0) is 21.5. The number of hydrogen-bond donors (Lipinski definition) is 0. The van der Waals surface area contributed by atoms with E-state index in [1.807, 2.05) is 25.1 Å². The Morgan fingerprint density at radius 3 is 1.97 bits per heavy atom. The molecule has 0 spiro atoms. The van der Waals surface area contributed by atoms with E-state index in [-0.39, 0.29) is 11.1 Å². The van der Waals surface area contributed by atoms with Gasteiger partial charge in [-0.15, -0.1) is 34.0 Å². The van der Waals surface area contributed by atoms with Crippen molar-refractivity contribution in [3.8, 4) is 0 Å². The third kappa shape index (κ3) is 1.80. The van der Waals surface area contributed by atoms with Crippen molar-refractivity contribution in [2.24, 2.45) is 0 Å². The predicted molar refractivity (Wildman–Crippen MR) is 134 cm³/mol. The summed E-state index contributed by atoms with van der Waals surface area (Å²) < 4.78 is 4.65. The van der Waals surface area contributed by atoms with Crippen LogP contribution in [-0.4, -0.2) is 18.8 Å². The number of aryl methyl sites for hydroxylation is 2. The molecule has 9 heteroatoms. The molecule has 6 nitrogen and oxygen atoms in total. The highest BCUT2D eigenvalue weighted by molar-refractivity contribution is 7.26. The highest BCUT2D eigenvalue weighted by atomic mass is 32.1. The third-order valence-corrected chi connectivity index (χ3v) is 9.63. The first-order chi connectivity index (χ1) is 15.5. The average molecular weight is 473 g/mol. The second-order valence-electron chi connectivity index (χ2n) is 8.13. The van der Waals surface area contributed by atoms with Crippen LogP contribution in [0.3, 0.4) is 0 Å². The maximum absolute atomic E-state index is 13.7. The molecule has 1 aromatic carbocycles. The number of hydrogen-bond acceptors (Lipinski definition) is 7. The molecule has 7 heterocycles. The van der Waals surface area contributed by atoms with Crippen LogP contribution in [0.25, 0.3) is 62.9 Å². The SMILES string of the molecule is CCc1cc2c(nc3c4ccc5c6c(sc(c(=O)n23)c46)c(=O)n2c3cc(C)sc3nc52)s1. The van der Waals surface area contributed by atoms with Crippen LogP contribution in [0.15, 0.2) is 33.9 Å². The molecule has 0 unspecified atom stereocenters. The summed E-state index contributed by atoms with van der Waals surface area (Å²) in [5.41, 5.74) is 2.82. The van der Waals surface area contributed by atoms with Gasteiger partial charge in [-0.05, 0) is 37.6 Å². The Morgan fingerprint density at radius 2 is 1.38 bits per heavy atom. The molecule has 0 aliphatic rings. The molecule has 7 aromatic heterocycles. The van der Waals surface area contributed by atoms with Crippen LogP contribution in [0, 0.1) is 6.92 Å². The topological polar surface area (TPSA) is 68.7 Å². The van der Waals surface area contributed by atoms with E-state index in [0.29, 0.717) is 20.7 Å². The molecule has 0 bridgehead atoms. The number of thiophene rings is 3. The smallest absolute Gasteiger partial charge is 0.267 e. The first kappa shape index (κ1) is 17.4. The standard InChI is InChI=1S/C23H12N4O2S3/c1-3-9-7-13-21(31-9)25-19-11-5-4-10-14-15(11)17(23(29)27(13)19)32-16(14)22(28)26-12-6-8(2)30-20(12)24-18(10)26/h4-7H,3H2,1-2H3. The molecule has 0 amide bonds. The molecule has 0 atom stereocenters. The van der Waals surface area contributed by atoms with Crippen molar-refractivity contribution < 1.29 is 0 Å². The Kier molecular flexibility index (Phi) is 2.95. The van der Waals surface area contributed by atoms with E-state index in [1.54, 1.807) is 31.5 Å². The Hall–Kier alpha value is -3.14. The highest BCUT2D eigenvalue weighted by Gasteiger charge is 2.25. The van der Waals surface area contributed by atoms with E-state index in [9.17, 15) is 9.59 Å². The van der Waals surface area contributed by atoms with Crippen molar-refractivity contribution in [3.05, 3.63) is 54.7 Å². The van der Waals surface area contributed by atoms with E-state index >= 15 is 0 Å². The number of benzene rings is 1. The van der Waals surface area contributed by atoms with Gasteiger partial charge in [-0.2, -0.15) is 0 Å². The van der Waals surface area contributed by atoms with Gasteiger partial charge < -0.3 is 0 Å². The predicted octanol–water partition coefficient (Wildman–Crippen LogP) is 5.40. The number of fused-ring (bicyclic) bond motifs is 8.